The number of hydrogen-bond donors (Lipinski definition) is 1. The molecule has 0 aliphatic heterocycles. The number of rotatable bonds is 10. The largest absolute Gasteiger partial charge is 0.467 e. The van der Waals surface area contributed by atoms with Gasteiger partial charge in [0, 0.05) is 19.5 Å². The topological polar surface area (TPSA) is 75.7 Å². The molecule has 2 heterocycles. The first kappa shape index (κ1) is 19.8. The number of amides is 2. The quantitative estimate of drug-likeness (QED) is 0.653. The minimum atomic E-state index is -0.102. The van der Waals surface area contributed by atoms with Gasteiger partial charge in [-0.25, -0.2) is 0 Å². The van der Waals surface area contributed by atoms with Crippen molar-refractivity contribution < 1.29 is 18.4 Å². The summed E-state index contributed by atoms with van der Waals surface area (Å²) >= 11 is 0. The first-order valence-electron chi connectivity index (χ1n) is 9.16. The van der Waals surface area contributed by atoms with Crippen molar-refractivity contribution in [1.82, 2.24) is 10.2 Å². The zero-order valence-corrected chi connectivity index (χ0v) is 15.8. The van der Waals surface area contributed by atoms with Crippen LogP contribution in [0.15, 0.2) is 33.3 Å². The highest BCUT2D eigenvalue weighted by molar-refractivity contribution is 5.95. The second-order valence-corrected chi connectivity index (χ2v) is 6.43. The van der Waals surface area contributed by atoms with Crippen LogP contribution >= 0.6 is 0 Å². The number of hydrogen-bond acceptors (Lipinski definition) is 4. The lowest BCUT2D eigenvalue weighted by Crippen LogP contribution is -2.36. The molecule has 6 heteroatoms. The zero-order valence-electron chi connectivity index (χ0n) is 15.8. The van der Waals surface area contributed by atoms with E-state index < -0.39 is 0 Å². The summed E-state index contributed by atoms with van der Waals surface area (Å²) in [6.45, 7) is 7.12. The summed E-state index contributed by atoms with van der Waals surface area (Å²) in [6, 6.07) is 5.36. The smallest absolute Gasteiger partial charge is 0.257 e. The first-order chi connectivity index (χ1) is 12.5. The summed E-state index contributed by atoms with van der Waals surface area (Å²) in [4.78, 5) is 26.7. The van der Waals surface area contributed by atoms with E-state index in [0.717, 1.165) is 25.0 Å². The van der Waals surface area contributed by atoms with Gasteiger partial charge in [0.2, 0.25) is 5.91 Å². The van der Waals surface area contributed by atoms with Crippen LogP contribution in [-0.2, 0) is 11.3 Å². The van der Waals surface area contributed by atoms with Gasteiger partial charge in [0.05, 0.1) is 18.4 Å². The first-order valence-corrected chi connectivity index (χ1v) is 9.16. The number of carbonyl (C=O) groups excluding carboxylic acids is 2. The minimum Gasteiger partial charge on any atom is -0.467 e. The molecule has 0 aromatic carbocycles. The molecule has 142 valence electrons. The van der Waals surface area contributed by atoms with Crippen LogP contribution in [0.4, 0.5) is 0 Å². The maximum atomic E-state index is 12.8. The Morgan fingerprint density at radius 3 is 2.62 bits per heavy atom. The Hall–Kier alpha value is -2.50. The van der Waals surface area contributed by atoms with E-state index >= 15 is 0 Å². The molecule has 0 atom stereocenters. The fraction of sp³-hybridized carbons (Fsp3) is 0.500. The number of nitrogens with one attached hydrogen (secondary N) is 1. The van der Waals surface area contributed by atoms with E-state index in [1.807, 2.05) is 13.0 Å². The molecule has 0 bridgehead atoms. The number of aryl methyl sites for hydroxylation is 2. The van der Waals surface area contributed by atoms with Crippen molar-refractivity contribution in [1.29, 1.82) is 0 Å². The molecule has 0 aliphatic rings. The van der Waals surface area contributed by atoms with Crippen molar-refractivity contribution in [2.75, 3.05) is 13.1 Å². The maximum Gasteiger partial charge on any atom is 0.257 e. The molecule has 2 rings (SSSR count). The second kappa shape index (κ2) is 9.85. The molecule has 26 heavy (non-hydrogen) atoms. The molecule has 0 fully saturated rings. The molecule has 0 unspecified atom stereocenters. The summed E-state index contributed by atoms with van der Waals surface area (Å²) in [6.07, 6.45) is 4.89. The van der Waals surface area contributed by atoms with E-state index in [4.69, 9.17) is 8.83 Å². The Balaban J connectivity index is 1.92. The van der Waals surface area contributed by atoms with Crippen molar-refractivity contribution in [2.45, 2.75) is 53.0 Å². The van der Waals surface area contributed by atoms with Gasteiger partial charge in [-0.15, -0.1) is 0 Å². The normalized spacial score (nSPS) is 10.7. The fourth-order valence-corrected chi connectivity index (χ4v) is 2.80. The molecular formula is C20H28N2O4. The SMILES string of the molecule is CCCCCN(CCC(=O)NCc1ccco1)C(=O)c1cc(C)oc1C. The highest BCUT2D eigenvalue weighted by atomic mass is 16.3. The minimum absolute atomic E-state index is 0.0747. The Morgan fingerprint density at radius 2 is 2.00 bits per heavy atom. The van der Waals surface area contributed by atoms with Crippen LogP contribution in [-0.4, -0.2) is 29.8 Å². The van der Waals surface area contributed by atoms with Crippen LogP contribution in [0, 0.1) is 13.8 Å². The van der Waals surface area contributed by atoms with Gasteiger partial charge >= 0.3 is 0 Å². The van der Waals surface area contributed by atoms with Gasteiger partial charge in [-0.2, -0.15) is 0 Å². The van der Waals surface area contributed by atoms with Gasteiger partial charge in [-0.3, -0.25) is 9.59 Å². The van der Waals surface area contributed by atoms with Crippen molar-refractivity contribution in [2.24, 2.45) is 0 Å². The maximum absolute atomic E-state index is 12.8. The molecule has 1 N–H and O–H groups in total. The highest BCUT2D eigenvalue weighted by Gasteiger charge is 2.21. The third-order valence-corrected chi connectivity index (χ3v) is 4.24. The summed E-state index contributed by atoms with van der Waals surface area (Å²) in [5.41, 5.74) is 0.579. The van der Waals surface area contributed by atoms with E-state index in [9.17, 15) is 9.59 Å². The molecule has 0 saturated heterocycles. The van der Waals surface area contributed by atoms with Crippen LogP contribution in [0.2, 0.25) is 0 Å². The summed E-state index contributed by atoms with van der Waals surface area (Å²) < 4.78 is 10.7. The second-order valence-electron chi connectivity index (χ2n) is 6.43. The van der Waals surface area contributed by atoms with E-state index in [1.54, 1.807) is 30.2 Å². The van der Waals surface area contributed by atoms with Crippen LogP contribution in [0.5, 0.6) is 0 Å². The van der Waals surface area contributed by atoms with Gasteiger partial charge in [0.1, 0.15) is 17.3 Å². The number of carbonyl (C=O) groups is 2. The Bertz CT molecular complexity index is 703. The van der Waals surface area contributed by atoms with E-state index in [1.165, 1.54) is 0 Å². The van der Waals surface area contributed by atoms with E-state index in [-0.39, 0.29) is 18.2 Å². The molecule has 0 aliphatic carbocycles. The molecular weight excluding hydrogens is 332 g/mol. The Labute approximate surface area is 154 Å². The monoisotopic (exact) mass is 360 g/mol. The molecule has 2 aromatic rings. The van der Waals surface area contributed by atoms with Crippen molar-refractivity contribution >= 4 is 11.8 Å². The number of unbranched alkanes of at least 4 members (excludes halogenated alkanes) is 2. The summed E-state index contributed by atoms with van der Waals surface area (Å²) in [7, 11) is 0. The van der Waals surface area contributed by atoms with Gasteiger partial charge in [-0.05, 0) is 38.5 Å². The predicted octanol–water partition coefficient (Wildman–Crippen LogP) is 3.83. The molecule has 2 amide bonds. The number of furan rings is 2. The molecule has 2 aromatic heterocycles. The average molecular weight is 360 g/mol. The average Bonchev–Trinajstić information content (AvgIpc) is 3.24. The summed E-state index contributed by atoms with van der Waals surface area (Å²) in [5.74, 6) is 1.87. The van der Waals surface area contributed by atoms with Crippen molar-refractivity contribution in [3.05, 3.63) is 47.3 Å². The van der Waals surface area contributed by atoms with Gasteiger partial charge in [0.15, 0.2) is 0 Å². The molecule has 0 radical (unpaired) electrons. The molecule has 6 nitrogen and oxygen atoms in total. The standard InChI is InChI=1S/C20H28N2O4/c1-4-5-6-10-22(20(24)18-13-15(2)26-16(18)3)11-9-19(23)21-14-17-8-7-12-25-17/h7-8,12-13H,4-6,9-11,14H2,1-3H3,(H,21,23). The third-order valence-electron chi connectivity index (χ3n) is 4.24. The lowest BCUT2D eigenvalue weighted by Gasteiger charge is -2.22. The number of nitrogens with zero attached hydrogens (tertiary/aromatic N) is 1. The van der Waals surface area contributed by atoms with Gasteiger partial charge in [0.25, 0.3) is 5.91 Å². The predicted molar refractivity (Wildman–Crippen MR) is 98.8 cm³/mol. The molecule has 0 saturated carbocycles. The van der Waals surface area contributed by atoms with Crippen LogP contribution < -0.4 is 5.32 Å². The Morgan fingerprint density at radius 1 is 1.19 bits per heavy atom. The van der Waals surface area contributed by atoms with Crippen molar-refractivity contribution in [3.8, 4) is 0 Å². The Kier molecular flexibility index (Phi) is 7.51. The molecule has 0 spiro atoms. The summed E-state index contributed by atoms with van der Waals surface area (Å²) in [5, 5.41) is 2.81. The lowest BCUT2D eigenvalue weighted by atomic mass is 10.2. The van der Waals surface area contributed by atoms with Gasteiger partial charge < -0.3 is 19.1 Å². The fourth-order valence-electron chi connectivity index (χ4n) is 2.80. The zero-order chi connectivity index (χ0) is 18.9. The van der Waals surface area contributed by atoms with Gasteiger partial charge in [-0.1, -0.05) is 19.8 Å². The van der Waals surface area contributed by atoms with Crippen LogP contribution in [0.3, 0.4) is 0 Å². The van der Waals surface area contributed by atoms with E-state index in [0.29, 0.717) is 36.7 Å². The van der Waals surface area contributed by atoms with Crippen molar-refractivity contribution in [3.63, 3.8) is 0 Å². The third kappa shape index (κ3) is 5.79. The van der Waals surface area contributed by atoms with E-state index in [2.05, 4.69) is 12.2 Å². The highest BCUT2D eigenvalue weighted by Crippen LogP contribution is 2.17. The lowest BCUT2D eigenvalue weighted by molar-refractivity contribution is -0.121. The van der Waals surface area contributed by atoms with Crippen LogP contribution in [0.1, 0.15) is 60.2 Å². The van der Waals surface area contributed by atoms with Crippen LogP contribution in [0.25, 0.3) is 0 Å².